The molecule has 18 heavy (non-hydrogen) atoms. The molecule has 1 aromatic carbocycles. The van der Waals surface area contributed by atoms with Crippen molar-refractivity contribution in [2.45, 2.75) is 19.4 Å². The lowest BCUT2D eigenvalue weighted by Gasteiger charge is -2.38. The van der Waals surface area contributed by atoms with Gasteiger partial charge in [0.25, 0.3) is 6.43 Å². The summed E-state index contributed by atoms with van der Waals surface area (Å²) in [6, 6.07) is 6.28. The lowest BCUT2D eigenvalue weighted by molar-refractivity contribution is -0.139. The zero-order valence-corrected chi connectivity index (χ0v) is 9.85. The summed E-state index contributed by atoms with van der Waals surface area (Å²) in [5, 5.41) is 8.62. The van der Waals surface area contributed by atoms with E-state index in [2.05, 4.69) is 4.90 Å². The average Bonchev–Trinajstić information content (AvgIpc) is 2.26. The van der Waals surface area contributed by atoms with E-state index in [1.807, 2.05) is 0 Å². The highest BCUT2D eigenvalue weighted by atomic mass is 19.3. The molecule has 0 saturated carbocycles. The predicted octanol–water partition coefficient (Wildman–Crippen LogP) is 2.53. The number of benzene rings is 1. The normalized spacial score (nSPS) is 16.8. The second-order valence-electron chi connectivity index (χ2n) is 4.70. The number of likely N-dealkylation sites (tertiary alicyclic amines) is 1. The van der Waals surface area contributed by atoms with Gasteiger partial charge in [-0.05, 0) is 11.5 Å². The van der Waals surface area contributed by atoms with Gasteiger partial charge in [0.2, 0.25) is 0 Å². The number of carbonyl (C=O) groups is 1. The van der Waals surface area contributed by atoms with Crippen LogP contribution in [0.3, 0.4) is 0 Å². The van der Waals surface area contributed by atoms with E-state index in [0.717, 1.165) is 18.7 Å². The number of aliphatic carboxylic acids is 1. The highest BCUT2D eigenvalue weighted by Crippen LogP contribution is 2.23. The van der Waals surface area contributed by atoms with Crippen molar-refractivity contribution in [3.63, 3.8) is 0 Å². The first-order chi connectivity index (χ1) is 8.54. The number of alkyl halides is 2. The van der Waals surface area contributed by atoms with Gasteiger partial charge in [-0.3, -0.25) is 9.69 Å². The number of nitrogens with zero attached hydrogens (tertiary/aromatic N) is 1. The second-order valence-corrected chi connectivity index (χ2v) is 4.70. The number of carboxylic acids is 1. The van der Waals surface area contributed by atoms with Gasteiger partial charge in [-0.25, -0.2) is 8.78 Å². The molecule has 0 bridgehead atoms. The molecule has 0 unspecified atom stereocenters. The van der Waals surface area contributed by atoms with Crippen molar-refractivity contribution in [1.82, 2.24) is 4.90 Å². The molecule has 1 N–H and O–H groups in total. The number of rotatable bonds is 5. The number of hydrogen-bond donors (Lipinski definition) is 1. The molecule has 5 heteroatoms. The molecule has 0 amide bonds. The fourth-order valence-corrected chi connectivity index (χ4v) is 2.21. The molecule has 0 aromatic heterocycles. The van der Waals surface area contributed by atoms with Gasteiger partial charge in [0, 0.05) is 25.2 Å². The minimum Gasteiger partial charge on any atom is -0.481 e. The SMILES string of the molecule is O=C(O)CC1CN(Cc2ccc(C(F)F)cc2)C1. The van der Waals surface area contributed by atoms with Gasteiger partial charge in [-0.15, -0.1) is 0 Å². The Morgan fingerprint density at radius 2 is 1.94 bits per heavy atom. The van der Waals surface area contributed by atoms with Gasteiger partial charge < -0.3 is 5.11 Å². The maximum absolute atomic E-state index is 12.3. The summed E-state index contributed by atoms with van der Waals surface area (Å²) in [6.45, 7) is 2.23. The van der Waals surface area contributed by atoms with E-state index in [-0.39, 0.29) is 17.9 Å². The van der Waals surface area contributed by atoms with E-state index in [1.54, 1.807) is 12.1 Å². The maximum atomic E-state index is 12.3. The van der Waals surface area contributed by atoms with E-state index in [9.17, 15) is 13.6 Å². The molecule has 1 heterocycles. The topological polar surface area (TPSA) is 40.5 Å². The highest BCUT2D eigenvalue weighted by Gasteiger charge is 2.28. The number of hydrogen-bond acceptors (Lipinski definition) is 2. The van der Waals surface area contributed by atoms with Crippen LogP contribution in [0.25, 0.3) is 0 Å². The van der Waals surface area contributed by atoms with Crippen molar-refractivity contribution >= 4 is 5.97 Å². The first kappa shape index (κ1) is 13.0. The molecule has 1 fully saturated rings. The Morgan fingerprint density at radius 1 is 1.33 bits per heavy atom. The molecular formula is C13H15F2NO2. The van der Waals surface area contributed by atoms with Crippen LogP contribution in [0.5, 0.6) is 0 Å². The fourth-order valence-electron chi connectivity index (χ4n) is 2.21. The van der Waals surface area contributed by atoms with Crippen LogP contribution in [0.4, 0.5) is 8.78 Å². The monoisotopic (exact) mass is 255 g/mol. The van der Waals surface area contributed by atoms with Crippen LogP contribution >= 0.6 is 0 Å². The average molecular weight is 255 g/mol. The molecular weight excluding hydrogens is 240 g/mol. The molecule has 98 valence electrons. The van der Waals surface area contributed by atoms with Crippen LogP contribution in [-0.2, 0) is 11.3 Å². The van der Waals surface area contributed by atoms with Crippen molar-refractivity contribution in [2.24, 2.45) is 5.92 Å². The molecule has 1 aliphatic rings. The summed E-state index contributed by atoms with van der Waals surface area (Å²) in [6.07, 6.45) is -2.22. The smallest absolute Gasteiger partial charge is 0.303 e. The Balaban J connectivity index is 1.80. The van der Waals surface area contributed by atoms with E-state index < -0.39 is 12.4 Å². The van der Waals surface area contributed by atoms with Crippen LogP contribution in [-0.4, -0.2) is 29.1 Å². The standard InChI is InChI=1S/C13H15F2NO2/c14-13(15)11-3-1-9(2-4-11)6-16-7-10(8-16)5-12(17)18/h1-4,10,13H,5-8H2,(H,17,18). The third kappa shape index (κ3) is 3.26. The first-order valence-corrected chi connectivity index (χ1v) is 5.85. The van der Waals surface area contributed by atoms with Crippen molar-refractivity contribution in [1.29, 1.82) is 0 Å². The highest BCUT2D eigenvalue weighted by molar-refractivity contribution is 5.67. The molecule has 1 saturated heterocycles. The predicted molar refractivity (Wildman–Crippen MR) is 62.4 cm³/mol. The van der Waals surface area contributed by atoms with Crippen LogP contribution in [0, 0.1) is 5.92 Å². The fraction of sp³-hybridized carbons (Fsp3) is 0.462. The molecule has 0 radical (unpaired) electrons. The Morgan fingerprint density at radius 3 is 2.44 bits per heavy atom. The maximum Gasteiger partial charge on any atom is 0.303 e. The third-order valence-corrected chi connectivity index (χ3v) is 3.13. The van der Waals surface area contributed by atoms with Crippen molar-refractivity contribution in [3.05, 3.63) is 35.4 Å². The van der Waals surface area contributed by atoms with E-state index in [0.29, 0.717) is 6.54 Å². The quantitative estimate of drug-likeness (QED) is 0.879. The van der Waals surface area contributed by atoms with E-state index in [1.165, 1.54) is 12.1 Å². The second kappa shape index (κ2) is 5.44. The van der Waals surface area contributed by atoms with Gasteiger partial charge in [0.15, 0.2) is 0 Å². The van der Waals surface area contributed by atoms with Gasteiger partial charge in [0.05, 0.1) is 6.42 Å². The lowest BCUT2D eigenvalue weighted by Crippen LogP contribution is -2.46. The summed E-state index contributed by atoms with van der Waals surface area (Å²) in [7, 11) is 0. The van der Waals surface area contributed by atoms with Gasteiger partial charge >= 0.3 is 5.97 Å². The Bertz CT molecular complexity index is 414. The van der Waals surface area contributed by atoms with Gasteiger partial charge in [-0.1, -0.05) is 24.3 Å². The molecule has 3 nitrogen and oxygen atoms in total. The number of carboxylic acid groups (broad SMARTS) is 1. The van der Waals surface area contributed by atoms with E-state index in [4.69, 9.17) is 5.11 Å². The number of halogens is 2. The van der Waals surface area contributed by atoms with Crippen LogP contribution in [0.2, 0.25) is 0 Å². The zero-order valence-electron chi connectivity index (χ0n) is 9.85. The lowest BCUT2D eigenvalue weighted by atomic mass is 9.95. The van der Waals surface area contributed by atoms with Gasteiger partial charge in [0.1, 0.15) is 0 Å². The van der Waals surface area contributed by atoms with Crippen LogP contribution in [0.1, 0.15) is 24.0 Å². The largest absolute Gasteiger partial charge is 0.481 e. The van der Waals surface area contributed by atoms with Crippen molar-refractivity contribution < 1.29 is 18.7 Å². The first-order valence-electron chi connectivity index (χ1n) is 5.85. The minimum atomic E-state index is -2.43. The summed E-state index contributed by atoms with van der Waals surface area (Å²) in [4.78, 5) is 12.6. The van der Waals surface area contributed by atoms with Crippen molar-refractivity contribution in [2.75, 3.05) is 13.1 Å². The van der Waals surface area contributed by atoms with Crippen LogP contribution < -0.4 is 0 Å². The summed E-state index contributed by atoms with van der Waals surface area (Å²) in [5.41, 5.74) is 1.01. The summed E-state index contributed by atoms with van der Waals surface area (Å²) < 4.78 is 24.7. The van der Waals surface area contributed by atoms with Crippen molar-refractivity contribution in [3.8, 4) is 0 Å². The Kier molecular flexibility index (Phi) is 3.91. The summed E-state index contributed by atoms with van der Waals surface area (Å²) >= 11 is 0. The molecule has 0 atom stereocenters. The minimum absolute atomic E-state index is 0.0334. The molecule has 0 spiro atoms. The van der Waals surface area contributed by atoms with E-state index >= 15 is 0 Å². The molecule has 1 aromatic rings. The Labute approximate surface area is 104 Å². The summed E-state index contributed by atoms with van der Waals surface area (Å²) in [5.74, 6) is -0.538. The van der Waals surface area contributed by atoms with Crippen LogP contribution in [0.15, 0.2) is 24.3 Å². The Hall–Kier alpha value is -1.49. The van der Waals surface area contributed by atoms with Gasteiger partial charge in [-0.2, -0.15) is 0 Å². The molecule has 1 aliphatic heterocycles. The third-order valence-electron chi connectivity index (χ3n) is 3.13. The molecule has 2 rings (SSSR count). The molecule has 0 aliphatic carbocycles. The zero-order chi connectivity index (χ0) is 13.1.